The summed E-state index contributed by atoms with van der Waals surface area (Å²) < 4.78 is 19.2. The molecule has 1 aromatic rings. The average molecular weight is 330 g/mol. The quantitative estimate of drug-likeness (QED) is 0.916. The van der Waals surface area contributed by atoms with E-state index in [1.165, 1.54) is 6.07 Å². The van der Waals surface area contributed by atoms with Crippen LogP contribution in [-0.2, 0) is 9.53 Å². The summed E-state index contributed by atoms with van der Waals surface area (Å²) in [5.41, 5.74) is 1.34. The van der Waals surface area contributed by atoms with Gasteiger partial charge in [-0.05, 0) is 59.8 Å². The molecule has 1 unspecified atom stereocenters. The molecule has 0 spiro atoms. The van der Waals surface area contributed by atoms with E-state index in [2.05, 4.69) is 21.2 Å². The van der Waals surface area contributed by atoms with Gasteiger partial charge < -0.3 is 10.1 Å². The molecule has 5 heteroatoms. The van der Waals surface area contributed by atoms with Crippen LogP contribution in [0.1, 0.15) is 31.2 Å². The monoisotopic (exact) mass is 329 g/mol. The fraction of sp³-hybridized carbons (Fsp3) is 0.500. The zero-order valence-corrected chi connectivity index (χ0v) is 12.4. The summed E-state index contributed by atoms with van der Waals surface area (Å²) in [5, 5.41) is 2.81. The second-order valence-electron chi connectivity index (χ2n) is 4.82. The number of halogens is 2. The Hall–Kier alpha value is -0.940. The van der Waals surface area contributed by atoms with Crippen LogP contribution in [0.4, 0.5) is 10.1 Å². The third kappa shape index (κ3) is 4.01. The molecular formula is C14H17BrFNO2. The molecule has 0 aliphatic carbocycles. The number of ether oxygens (including phenoxy) is 1. The Kier molecular flexibility index (Phi) is 4.93. The smallest absolute Gasteiger partial charge is 0.226 e. The third-order valence-corrected chi connectivity index (χ3v) is 3.84. The number of nitrogens with one attached hydrogen (secondary N) is 1. The van der Waals surface area contributed by atoms with Crippen molar-refractivity contribution in [3.05, 3.63) is 28.0 Å². The van der Waals surface area contributed by atoms with Crippen molar-refractivity contribution in [2.75, 3.05) is 11.9 Å². The highest BCUT2D eigenvalue weighted by molar-refractivity contribution is 9.10. The Morgan fingerprint density at radius 2 is 2.32 bits per heavy atom. The number of benzene rings is 1. The molecule has 0 aromatic heterocycles. The first-order valence-electron chi connectivity index (χ1n) is 6.43. The number of carbonyl (C=O) groups excluding carboxylic acids is 1. The number of rotatable bonds is 3. The van der Waals surface area contributed by atoms with Gasteiger partial charge in [0.2, 0.25) is 5.91 Å². The minimum absolute atomic E-state index is 0.0120. The summed E-state index contributed by atoms with van der Waals surface area (Å²) in [4.78, 5) is 11.9. The van der Waals surface area contributed by atoms with Crippen LogP contribution < -0.4 is 5.32 Å². The van der Waals surface area contributed by atoms with Crippen molar-refractivity contribution in [3.8, 4) is 0 Å². The minimum Gasteiger partial charge on any atom is -0.378 e. The Labute approximate surface area is 120 Å². The maximum Gasteiger partial charge on any atom is 0.226 e. The molecule has 1 heterocycles. The predicted octanol–water partition coefficient (Wildman–Crippen LogP) is 3.79. The van der Waals surface area contributed by atoms with Crippen molar-refractivity contribution in [1.29, 1.82) is 0 Å². The standard InChI is InChI=1S/C14H17BrFNO2/c1-9-6-12(16)11(15)8-13(9)17-14(18)7-10-4-2-3-5-19-10/h6,8,10H,2-5,7H2,1H3,(H,17,18). The molecule has 2 rings (SSSR count). The first-order valence-corrected chi connectivity index (χ1v) is 7.22. The molecule has 19 heavy (non-hydrogen) atoms. The first-order chi connectivity index (χ1) is 9.06. The summed E-state index contributed by atoms with van der Waals surface area (Å²) in [6.45, 7) is 2.50. The van der Waals surface area contributed by atoms with E-state index in [4.69, 9.17) is 4.74 Å². The van der Waals surface area contributed by atoms with Gasteiger partial charge >= 0.3 is 0 Å². The summed E-state index contributed by atoms with van der Waals surface area (Å²) in [6, 6.07) is 2.99. The molecule has 1 fully saturated rings. The molecule has 1 aliphatic heterocycles. The van der Waals surface area contributed by atoms with Crippen LogP contribution in [-0.4, -0.2) is 18.6 Å². The molecule has 1 aromatic carbocycles. The first kappa shape index (κ1) is 14.5. The highest BCUT2D eigenvalue weighted by Gasteiger charge is 2.18. The molecule has 0 bridgehead atoms. The summed E-state index contributed by atoms with van der Waals surface area (Å²) >= 11 is 3.12. The lowest BCUT2D eigenvalue weighted by Crippen LogP contribution is -2.25. The molecule has 1 amide bonds. The molecule has 0 radical (unpaired) electrons. The van der Waals surface area contributed by atoms with Crippen LogP contribution in [0.25, 0.3) is 0 Å². The van der Waals surface area contributed by atoms with Crippen molar-refractivity contribution in [1.82, 2.24) is 0 Å². The maximum atomic E-state index is 13.3. The fourth-order valence-corrected chi connectivity index (χ4v) is 2.50. The largest absolute Gasteiger partial charge is 0.378 e. The lowest BCUT2D eigenvalue weighted by molar-refractivity contribution is -0.119. The van der Waals surface area contributed by atoms with Crippen LogP contribution >= 0.6 is 15.9 Å². The van der Waals surface area contributed by atoms with Crippen molar-refractivity contribution in [3.63, 3.8) is 0 Å². The minimum atomic E-state index is -0.328. The van der Waals surface area contributed by atoms with E-state index < -0.39 is 0 Å². The van der Waals surface area contributed by atoms with Gasteiger partial charge in [-0.15, -0.1) is 0 Å². The summed E-state index contributed by atoms with van der Waals surface area (Å²) in [7, 11) is 0. The molecule has 1 saturated heterocycles. The Balaban J connectivity index is 1.96. The maximum absolute atomic E-state index is 13.3. The average Bonchev–Trinajstić information content (AvgIpc) is 2.37. The van der Waals surface area contributed by atoms with Gasteiger partial charge in [-0.3, -0.25) is 4.79 Å². The number of carbonyl (C=O) groups is 1. The Morgan fingerprint density at radius 1 is 1.53 bits per heavy atom. The van der Waals surface area contributed by atoms with Crippen LogP contribution in [0.3, 0.4) is 0 Å². The molecule has 1 atom stereocenters. The highest BCUT2D eigenvalue weighted by Crippen LogP contribution is 2.25. The van der Waals surface area contributed by atoms with Gasteiger partial charge in [0, 0.05) is 12.3 Å². The second kappa shape index (κ2) is 6.48. The van der Waals surface area contributed by atoms with Crippen LogP contribution in [0.2, 0.25) is 0 Å². The molecule has 1 aliphatic rings. The molecule has 1 N–H and O–H groups in total. The number of aryl methyl sites for hydroxylation is 1. The van der Waals surface area contributed by atoms with Gasteiger partial charge in [-0.25, -0.2) is 4.39 Å². The molecule has 3 nitrogen and oxygen atoms in total. The third-order valence-electron chi connectivity index (χ3n) is 3.23. The highest BCUT2D eigenvalue weighted by atomic mass is 79.9. The fourth-order valence-electron chi connectivity index (χ4n) is 2.16. The summed E-state index contributed by atoms with van der Waals surface area (Å²) in [5.74, 6) is -0.417. The van der Waals surface area contributed by atoms with E-state index in [0.29, 0.717) is 22.1 Å². The normalized spacial score (nSPS) is 19.2. The Morgan fingerprint density at radius 3 is 3.00 bits per heavy atom. The predicted molar refractivity (Wildman–Crippen MR) is 75.7 cm³/mol. The topological polar surface area (TPSA) is 38.3 Å². The van der Waals surface area contributed by atoms with Gasteiger partial charge in [-0.1, -0.05) is 0 Å². The van der Waals surface area contributed by atoms with E-state index in [1.807, 2.05) is 0 Å². The molecule has 0 saturated carbocycles. The number of hydrogen-bond donors (Lipinski definition) is 1. The Bertz CT molecular complexity index is 473. The molecule has 104 valence electrons. The molecular weight excluding hydrogens is 313 g/mol. The van der Waals surface area contributed by atoms with Gasteiger partial charge in [-0.2, -0.15) is 0 Å². The van der Waals surface area contributed by atoms with Crippen LogP contribution in [0.15, 0.2) is 16.6 Å². The lowest BCUT2D eigenvalue weighted by Gasteiger charge is -2.22. The van der Waals surface area contributed by atoms with Gasteiger partial charge in [0.05, 0.1) is 17.0 Å². The SMILES string of the molecule is Cc1cc(F)c(Br)cc1NC(=O)CC1CCCCO1. The van der Waals surface area contributed by atoms with Crippen molar-refractivity contribution >= 4 is 27.5 Å². The van der Waals surface area contributed by atoms with E-state index in [9.17, 15) is 9.18 Å². The number of anilines is 1. The van der Waals surface area contributed by atoms with Crippen LogP contribution in [0, 0.1) is 12.7 Å². The van der Waals surface area contributed by atoms with Gasteiger partial charge in [0.25, 0.3) is 0 Å². The lowest BCUT2D eigenvalue weighted by atomic mass is 10.1. The van der Waals surface area contributed by atoms with Crippen molar-refractivity contribution in [2.24, 2.45) is 0 Å². The second-order valence-corrected chi connectivity index (χ2v) is 5.68. The van der Waals surface area contributed by atoms with E-state index in [-0.39, 0.29) is 17.8 Å². The van der Waals surface area contributed by atoms with Gasteiger partial charge in [0.15, 0.2) is 0 Å². The van der Waals surface area contributed by atoms with E-state index in [1.54, 1.807) is 13.0 Å². The van der Waals surface area contributed by atoms with E-state index in [0.717, 1.165) is 25.9 Å². The number of hydrogen-bond acceptors (Lipinski definition) is 2. The van der Waals surface area contributed by atoms with Gasteiger partial charge in [0.1, 0.15) is 5.82 Å². The van der Waals surface area contributed by atoms with E-state index >= 15 is 0 Å². The van der Waals surface area contributed by atoms with Crippen molar-refractivity contribution in [2.45, 2.75) is 38.7 Å². The number of amides is 1. The summed E-state index contributed by atoms with van der Waals surface area (Å²) in [6.07, 6.45) is 3.48. The zero-order chi connectivity index (χ0) is 13.8. The van der Waals surface area contributed by atoms with Crippen LogP contribution in [0.5, 0.6) is 0 Å². The zero-order valence-electron chi connectivity index (χ0n) is 10.8. The van der Waals surface area contributed by atoms with Crippen molar-refractivity contribution < 1.29 is 13.9 Å².